The highest BCUT2D eigenvalue weighted by Crippen LogP contribution is 2.36. The lowest BCUT2D eigenvalue weighted by Gasteiger charge is -2.35. The van der Waals surface area contributed by atoms with Crippen LogP contribution in [0.15, 0.2) is 41.4 Å². The van der Waals surface area contributed by atoms with Gasteiger partial charge in [-0.2, -0.15) is 0 Å². The highest BCUT2D eigenvalue weighted by molar-refractivity contribution is 6.74. The Morgan fingerprint density at radius 2 is 1.80 bits per heavy atom. The third-order valence-electron chi connectivity index (χ3n) is 3.77. The minimum atomic E-state index is -1.62. The molecular formula is C17H27NOSi. The van der Waals surface area contributed by atoms with Crippen LogP contribution < -0.4 is 0 Å². The Balaban J connectivity index is 2.28. The molecule has 0 atom stereocenters. The van der Waals surface area contributed by atoms with Gasteiger partial charge in [0.25, 0.3) is 0 Å². The van der Waals surface area contributed by atoms with Crippen LogP contribution in [-0.2, 0) is 4.43 Å². The molecule has 0 radical (unpaired) electrons. The van der Waals surface area contributed by atoms with Crippen molar-refractivity contribution in [2.45, 2.75) is 38.9 Å². The number of hydrogen-bond donors (Lipinski definition) is 0. The van der Waals surface area contributed by atoms with E-state index in [1.807, 2.05) is 30.5 Å². The number of rotatable bonds is 6. The SMILES string of the molecule is CC(C)(C)[Si](C)(C)OCCN=C/C=C/c1ccccc1. The summed E-state index contributed by atoms with van der Waals surface area (Å²) in [4.78, 5) is 4.36. The van der Waals surface area contributed by atoms with Gasteiger partial charge in [0.15, 0.2) is 8.32 Å². The molecule has 2 nitrogen and oxygen atoms in total. The molecule has 0 unspecified atom stereocenters. The molecule has 0 amide bonds. The molecule has 20 heavy (non-hydrogen) atoms. The van der Waals surface area contributed by atoms with Gasteiger partial charge in [-0.25, -0.2) is 0 Å². The van der Waals surface area contributed by atoms with Crippen molar-refractivity contribution in [3.05, 3.63) is 42.0 Å². The molecule has 0 fully saturated rings. The lowest BCUT2D eigenvalue weighted by atomic mass is 10.2. The molecule has 1 rings (SSSR count). The maximum atomic E-state index is 6.06. The summed E-state index contributed by atoms with van der Waals surface area (Å²) in [5.74, 6) is 0. The zero-order valence-electron chi connectivity index (χ0n) is 13.4. The molecule has 110 valence electrons. The first kappa shape index (κ1) is 16.9. The van der Waals surface area contributed by atoms with E-state index in [0.717, 1.165) is 6.54 Å². The van der Waals surface area contributed by atoms with Crippen molar-refractivity contribution in [3.63, 3.8) is 0 Å². The molecular weight excluding hydrogens is 262 g/mol. The van der Waals surface area contributed by atoms with Crippen LogP contribution in [0, 0.1) is 0 Å². The van der Waals surface area contributed by atoms with Gasteiger partial charge in [-0.15, -0.1) is 0 Å². The van der Waals surface area contributed by atoms with Crippen molar-refractivity contribution < 1.29 is 4.43 Å². The summed E-state index contributed by atoms with van der Waals surface area (Å²) in [7, 11) is -1.62. The summed E-state index contributed by atoms with van der Waals surface area (Å²) in [5, 5.41) is 0.268. The molecule has 0 aliphatic heterocycles. The van der Waals surface area contributed by atoms with Gasteiger partial charge >= 0.3 is 0 Å². The van der Waals surface area contributed by atoms with Crippen LogP contribution in [0.4, 0.5) is 0 Å². The molecule has 0 aliphatic rings. The third kappa shape index (κ3) is 5.84. The van der Waals surface area contributed by atoms with Crippen molar-refractivity contribution >= 4 is 20.6 Å². The summed E-state index contributed by atoms with van der Waals surface area (Å²) >= 11 is 0. The van der Waals surface area contributed by atoms with Crippen molar-refractivity contribution in [2.24, 2.45) is 4.99 Å². The lowest BCUT2D eigenvalue weighted by molar-refractivity contribution is 0.298. The van der Waals surface area contributed by atoms with E-state index < -0.39 is 8.32 Å². The minimum absolute atomic E-state index is 0.268. The van der Waals surface area contributed by atoms with E-state index >= 15 is 0 Å². The Bertz CT molecular complexity index is 444. The van der Waals surface area contributed by atoms with E-state index in [9.17, 15) is 0 Å². The predicted octanol–water partition coefficient (Wildman–Crippen LogP) is 4.79. The summed E-state index contributed by atoms with van der Waals surface area (Å²) < 4.78 is 6.06. The lowest BCUT2D eigenvalue weighted by Crippen LogP contribution is -2.41. The van der Waals surface area contributed by atoms with Crippen molar-refractivity contribution in [2.75, 3.05) is 13.2 Å². The first-order chi connectivity index (χ1) is 9.33. The van der Waals surface area contributed by atoms with Gasteiger partial charge in [0.2, 0.25) is 0 Å². The molecule has 0 heterocycles. The first-order valence-electron chi connectivity index (χ1n) is 7.18. The fourth-order valence-corrected chi connectivity index (χ4v) is 2.46. The standard InChI is InChI=1S/C17H27NOSi/c1-17(2,3)20(4,5)19-15-14-18-13-9-12-16-10-7-6-8-11-16/h6-13H,14-15H2,1-5H3/b12-9+,18-13?. The van der Waals surface area contributed by atoms with Gasteiger partial charge in [-0.3, -0.25) is 4.99 Å². The fourth-order valence-electron chi connectivity index (χ4n) is 1.42. The number of hydrogen-bond acceptors (Lipinski definition) is 2. The summed E-state index contributed by atoms with van der Waals surface area (Å²) in [6.07, 6.45) is 5.88. The third-order valence-corrected chi connectivity index (χ3v) is 8.31. The average molecular weight is 289 g/mol. The van der Waals surface area contributed by atoms with E-state index in [4.69, 9.17) is 4.43 Å². The Morgan fingerprint density at radius 1 is 1.15 bits per heavy atom. The van der Waals surface area contributed by atoms with Crippen LogP contribution in [0.3, 0.4) is 0 Å². The second-order valence-corrected chi connectivity index (χ2v) is 11.2. The largest absolute Gasteiger partial charge is 0.415 e. The molecule has 3 heteroatoms. The van der Waals surface area contributed by atoms with Gasteiger partial charge < -0.3 is 4.43 Å². The monoisotopic (exact) mass is 289 g/mol. The van der Waals surface area contributed by atoms with Crippen LogP contribution in [0.25, 0.3) is 6.08 Å². The Morgan fingerprint density at radius 3 is 2.40 bits per heavy atom. The van der Waals surface area contributed by atoms with Crippen LogP contribution in [0.2, 0.25) is 18.1 Å². The molecule has 0 N–H and O–H groups in total. The van der Waals surface area contributed by atoms with E-state index in [0.29, 0.717) is 6.61 Å². The van der Waals surface area contributed by atoms with E-state index in [-0.39, 0.29) is 5.04 Å². The smallest absolute Gasteiger partial charge is 0.192 e. The summed E-state index contributed by atoms with van der Waals surface area (Å²) in [6, 6.07) is 10.2. The molecule has 0 saturated heterocycles. The van der Waals surface area contributed by atoms with Gasteiger partial charge in [0.05, 0.1) is 13.2 Å². The van der Waals surface area contributed by atoms with Crippen molar-refractivity contribution in [3.8, 4) is 0 Å². The Hall–Kier alpha value is -1.19. The van der Waals surface area contributed by atoms with E-state index in [2.05, 4.69) is 57.1 Å². The van der Waals surface area contributed by atoms with Crippen molar-refractivity contribution in [1.29, 1.82) is 0 Å². The normalized spacial score (nSPS) is 13.4. The molecule has 1 aromatic rings. The molecule has 1 aromatic carbocycles. The Labute approximate surface area is 124 Å². The maximum Gasteiger partial charge on any atom is 0.192 e. The highest BCUT2D eigenvalue weighted by atomic mass is 28.4. The van der Waals surface area contributed by atoms with E-state index in [1.54, 1.807) is 0 Å². The molecule has 0 spiro atoms. The average Bonchev–Trinajstić information content (AvgIpc) is 2.37. The number of aliphatic imine (C=N–C) groups is 1. The number of allylic oxidation sites excluding steroid dienone is 1. The van der Waals surface area contributed by atoms with Crippen LogP contribution in [-0.4, -0.2) is 27.7 Å². The quantitative estimate of drug-likeness (QED) is 0.419. The number of benzene rings is 1. The fraction of sp³-hybridized carbons (Fsp3) is 0.471. The van der Waals surface area contributed by atoms with Crippen LogP contribution in [0.5, 0.6) is 0 Å². The second kappa shape index (κ2) is 7.55. The van der Waals surface area contributed by atoms with Crippen LogP contribution in [0.1, 0.15) is 26.3 Å². The summed E-state index contributed by atoms with van der Waals surface area (Å²) in [6.45, 7) is 12.7. The molecule has 0 aromatic heterocycles. The zero-order valence-corrected chi connectivity index (χ0v) is 14.4. The molecule has 0 saturated carbocycles. The summed E-state index contributed by atoms with van der Waals surface area (Å²) in [5.41, 5.74) is 1.19. The number of nitrogens with zero attached hydrogens (tertiary/aromatic N) is 1. The van der Waals surface area contributed by atoms with Gasteiger partial charge in [-0.1, -0.05) is 57.2 Å². The van der Waals surface area contributed by atoms with Crippen LogP contribution >= 0.6 is 0 Å². The zero-order chi connectivity index (χ0) is 15.1. The minimum Gasteiger partial charge on any atom is -0.415 e. The van der Waals surface area contributed by atoms with Gasteiger partial charge in [0, 0.05) is 6.21 Å². The maximum absolute atomic E-state index is 6.06. The predicted molar refractivity (Wildman–Crippen MR) is 92.0 cm³/mol. The van der Waals surface area contributed by atoms with E-state index in [1.165, 1.54) is 5.56 Å². The second-order valence-electron chi connectivity index (χ2n) is 6.43. The van der Waals surface area contributed by atoms with Crippen molar-refractivity contribution in [1.82, 2.24) is 0 Å². The Kier molecular flexibility index (Phi) is 6.37. The topological polar surface area (TPSA) is 21.6 Å². The highest BCUT2D eigenvalue weighted by Gasteiger charge is 2.36. The van der Waals surface area contributed by atoms with Gasteiger partial charge in [-0.05, 0) is 29.8 Å². The first-order valence-corrected chi connectivity index (χ1v) is 10.1. The molecule has 0 aliphatic carbocycles. The van der Waals surface area contributed by atoms with Gasteiger partial charge in [0.1, 0.15) is 0 Å². The molecule has 0 bridgehead atoms.